The fourth-order valence-electron chi connectivity index (χ4n) is 3.22. The van der Waals surface area contributed by atoms with E-state index >= 15 is 0 Å². The zero-order chi connectivity index (χ0) is 23.0. The lowest BCUT2D eigenvalue weighted by Crippen LogP contribution is -2.54. The largest absolute Gasteiger partial charge is 0.493 e. The number of rotatable bonds is 9. The second kappa shape index (κ2) is 10.8. The van der Waals surface area contributed by atoms with Gasteiger partial charge in [0, 0.05) is 12.1 Å². The smallest absolute Gasteiger partial charge is 0.261 e. The first-order valence-electron chi connectivity index (χ1n) is 10.6. The summed E-state index contributed by atoms with van der Waals surface area (Å²) < 4.78 is 11.0. The van der Waals surface area contributed by atoms with Crippen LogP contribution in [0, 0.1) is 6.92 Å². The Morgan fingerprint density at radius 2 is 1.65 bits per heavy atom. The molecule has 0 saturated heterocycles. The molecule has 0 heterocycles. The lowest BCUT2D eigenvalue weighted by atomic mass is 10.1. The molecule has 0 fully saturated rings. The van der Waals surface area contributed by atoms with Crippen LogP contribution in [0.25, 0.3) is 0 Å². The molecule has 0 aliphatic rings. The van der Waals surface area contributed by atoms with Crippen molar-refractivity contribution in [3.63, 3.8) is 0 Å². The minimum Gasteiger partial charge on any atom is -0.493 e. The molecule has 1 N–H and O–H groups in total. The SMILES string of the molecule is CC[C@@H](C(=O)NC(C)(C)C)N(Cc1ccc(C)cc1)C(=O)COc1ccccc1OC. The maximum atomic E-state index is 13.2. The Balaban J connectivity index is 2.25. The first-order valence-corrected chi connectivity index (χ1v) is 10.6. The van der Waals surface area contributed by atoms with E-state index in [2.05, 4.69) is 5.32 Å². The van der Waals surface area contributed by atoms with Gasteiger partial charge in [-0.25, -0.2) is 0 Å². The summed E-state index contributed by atoms with van der Waals surface area (Å²) in [5.41, 5.74) is 1.70. The lowest BCUT2D eigenvalue weighted by Gasteiger charge is -2.33. The van der Waals surface area contributed by atoms with Crippen LogP contribution in [0.2, 0.25) is 0 Å². The third-order valence-corrected chi connectivity index (χ3v) is 4.78. The van der Waals surface area contributed by atoms with Crippen LogP contribution < -0.4 is 14.8 Å². The molecule has 0 saturated carbocycles. The summed E-state index contributed by atoms with van der Waals surface area (Å²) in [6, 6.07) is 14.5. The molecule has 168 valence electrons. The number of hydrogen-bond acceptors (Lipinski definition) is 4. The van der Waals surface area contributed by atoms with Crippen molar-refractivity contribution in [2.75, 3.05) is 13.7 Å². The zero-order valence-corrected chi connectivity index (χ0v) is 19.4. The molecule has 31 heavy (non-hydrogen) atoms. The molecule has 0 radical (unpaired) electrons. The fourth-order valence-corrected chi connectivity index (χ4v) is 3.22. The van der Waals surface area contributed by atoms with Gasteiger partial charge in [0.25, 0.3) is 5.91 Å². The van der Waals surface area contributed by atoms with Gasteiger partial charge in [-0.2, -0.15) is 0 Å². The number of nitrogens with zero attached hydrogens (tertiary/aromatic N) is 1. The van der Waals surface area contributed by atoms with E-state index in [0.29, 0.717) is 24.5 Å². The van der Waals surface area contributed by atoms with Crippen molar-refractivity contribution in [3.8, 4) is 11.5 Å². The third-order valence-electron chi connectivity index (χ3n) is 4.78. The van der Waals surface area contributed by atoms with Crippen LogP contribution in [-0.2, 0) is 16.1 Å². The van der Waals surface area contributed by atoms with Crippen molar-refractivity contribution < 1.29 is 19.1 Å². The summed E-state index contributed by atoms with van der Waals surface area (Å²) in [7, 11) is 1.55. The van der Waals surface area contributed by atoms with Gasteiger partial charge < -0.3 is 19.7 Å². The Bertz CT molecular complexity index is 872. The van der Waals surface area contributed by atoms with Gasteiger partial charge in [0.05, 0.1) is 7.11 Å². The van der Waals surface area contributed by atoms with Gasteiger partial charge in [0.15, 0.2) is 18.1 Å². The van der Waals surface area contributed by atoms with Crippen LogP contribution in [0.5, 0.6) is 11.5 Å². The van der Waals surface area contributed by atoms with Crippen molar-refractivity contribution in [2.24, 2.45) is 0 Å². The van der Waals surface area contributed by atoms with Crippen LogP contribution >= 0.6 is 0 Å². The van der Waals surface area contributed by atoms with E-state index in [9.17, 15) is 9.59 Å². The molecule has 0 unspecified atom stereocenters. The number of para-hydroxylation sites is 2. The van der Waals surface area contributed by atoms with E-state index in [1.807, 2.05) is 71.0 Å². The van der Waals surface area contributed by atoms with E-state index in [1.165, 1.54) is 0 Å². The number of amides is 2. The Labute approximate surface area is 185 Å². The average molecular weight is 427 g/mol. The Morgan fingerprint density at radius 3 is 2.19 bits per heavy atom. The van der Waals surface area contributed by atoms with Gasteiger partial charge in [0.1, 0.15) is 6.04 Å². The predicted octanol–water partition coefficient (Wildman–Crippen LogP) is 4.10. The number of nitrogens with one attached hydrogen (secondary N) is 1. The van der Waals surface area contributed by atoms with E-state index in [1.54, 1.807) is 24.1 Å². The molecule has 1 atom stereocenters. The Hall–Kier alpha value is -3.02. The summed E-state index contributed by atoms with van der Waals surface area (Å²) in [5.74, 6) is 0.605. The second-order valence-corrected chi connectivity index (χ2v) is 8.61. The number of aryl methyl sites for hydroxylation is 1. The third kappa shape index (κ3) is 7.31. The van der Waals surface area contributed by atoms with Gasteiger partial charge in [-0.1, -0.05) is 48.9 Å². The molecule has 2 aromatic rings. The van der Waals surface area contributed by atoms with Gasteiger partial charge >= 0.3 is 0 Å². The molecule has 0 aliphatic carbocycles. The first-order chi connectivity index (χ1) is 14.6. The lowest BCUT2D eigenvalue weighted by molar-refractivity contribution is -0.143. The quantitative estimate of drug-likeness (QED) is 0.655. The fraction of sp³-hybridized carbons (Fsp3) is 0.440. The molecule has 2 aromatic carbocycles. The molecule has 0 bridgehead atoms. The predicted molar refractivity (Wildman–Crippen MR) is 122 cm³/mol. The normalized spacial score (nSPS) is 12.1. The summed E-state index contributed by atoms with van der Waals surface area (Å²) >= 11 is 0. The minimum absolute atomic E-state index is 0.173. The highest BCUT2D eigenvalue weighted by Gasteiger charge is 2.31. The first kappa shape index (κ1) is 24.3. The van der Waals surface area contributed by atoms with Gasteiger partial charge in [0.2, 0.25) is 5.91 Å². The highest BCUT2D eigenvalue weighted by atomic mass is 16.5. The van der Waals surface area contributed by atoms with Gasteiger partial charge in [-0.3, -0.25) is 9.59 Å². The van der Waals surface area contributed by atoms with E-state index < -0.39 is 11.6 Å². The molecule has 0 spiro atoms. The molecule has 2 amide bonds. The highest BCUT2D eigenvalue weighted by Crippen LogP contribution is 2.26. The van der Waals surface area contributed by atoms with Crippen LogP contribution in [0.3, 0.4) is 0 Å². The van der Waals surface area contributed by atoms with Crippen molar-refractivity contribution in [2.45, 2.75) is 59.2 Å². The standard InChI is InChI=1S/C25H34N2O4/c1-7-20(24(29)26-25(3,4)5)27(16-19-14-12-18(2)13-15-19)23(28)17-31-22-11-9-8-10-21(22)30-6/h8-15,20H,7,16-17H2,1-6H3,(H,26,29)/t20-/m0/s1. The minimum atomic E-state index is -0.603. The second-order valence-electron chi connectivity index (χ2n) is 8.61. The molecule has 0 aromatic heterocycles. The molecule has 6 nitrogen and oxygen atoms in total. The monoisotopic (exact) mass is 426 g/mol. The molecular formula is C25H34N2O4. The summed E-state index contributed by atoms with van der Waals surface area (Å²) in [4.78, 5) is 27.8. The molecular weight excluding hydrogens is 392 g/mol. The van der Waals surface area contributed by atoms with Crippen LogP contribution in [0.1, 0.15) is 45.2 Å². The average Bonchev–Trinajstić information content (AvgIpc) is 2.72. The number of carbonyl (C=O) groups is 2. The maximum Gasteiger partial charge on any atom is 0.261 e. The summed E-state index contributed by atoms with van der Waals surface area (Å²) in [6.07, 6.45) is 0.494. The maximum absolute atomic E-state index is 13.2. The van der Waals surface area contributed by atoms with E-state index in [4.69, 9.17) is 9.47 Å². The number of carbonyl (C=O) groups excluding carboxylic acids is 2. The van der Waals surface area contributed by atoms with E-state index in [0.717, 1.165) is 11.1 Å². The van der Waals surface area contributed by atoms with Crippen LogP contribution in [0.4, 0.5) is 0 Å². The van der Waals surface area contributed by atoms with E-state index in [-0.39, 0.29) is 18.4 Å². The van der Waals surface area contributed by atoms with Crippen molar-refractivity contribution in [1.82, 2.24) is 10.2 Å². The summed E-state index contributed by atoms with van der Waals surface area (Å²) in [6.45, 7) is 9.83. The number of benzene rings is 2. The van der Waals surface area contributed by atoms with Crippen LogP contribution in [0.15, 0.2) is 48.5 Å². The van der Waals surface area contributed by atoms with Gasteiger partial charge in [-0.15, -0.1) is 0 Å². The Morgan fingerprint density at radius 1 is 1.03 bits per heavy atom. The van der Waals surface area contributed by atoms with Crippen molar-refractivity contribution in [1.29, 1.82) is 0 Å². The van der Waals surface area contributed by atoms with Crippen molar-refractivity contribution in [3.05, 3.63) is 59.7 Å². The number of ether oxygens (including phenoxy) is 2. The number of hydrogen-bond donors (Lipinski definition) is 1. The van der Waals surface area contributed by atoms with Gasteiger partial charge in [-0.05, 0) is 51.8 Å². The molecule has 6 heteroatoms. The topological polar surface area (TPSA) is 67.9 Å². The van der Waals surface area contributed by atoms with Crippen LogP contribution in [-0.4, -0.2) is 42.0 Å². The number of methoxy groups -OCH3 is 1. The molecule has 0 aliphatic heterocycles. The Kier molecular flexibility index (Phi) is 8.48. The highest BCUT2D eigenvalue weighted by molar-refractivity contribution is 5.88. The summed E-state index contributed by atoms with van der Waals surface area (Å²) in [5, 5.41) is 3.00. The van der Waals surface area contributed by atoms with Crippen molar-refractivity contribution >= 4 is 11.8 Å². The molecule has 2 rings (SSSR count). The zero-order valence-electron chi connectivity index (χ0n) is 19.4.